The van der Waals surface area contributed by atoms with Crippen LogP contribution in [0.15, 0.2) is 53.5 Å². The van der Waals surface area contributed by atoms with E-state index in [1.165, 1.54) is 18.7 Å². The maximum Gasteiger partial charge on any atom is 0.338 e. The minimum absolute atomic E-state index is 0.298. The van der Waals surface area contributed by atoms with Crippen LogP contribution >= 0.6 is 11.8 Å². The Bertz CT molecular complexity index is 903. The lowest BCUT2D eigenvalue weighted by atomic mass is 10.1. The van der Waals surface area contributed by atoms with Gasteiger partial charge in [0.1, 0.15) is 5.75 Å². The molecule has 0 amide bonds. The van der Waals surface area contributed by atoms with Crippen molar-refractivity contribution in [1.29, 1.82) is 5.26 Å². The molecule has 0 saturated carbocycles. The quantitative estimate of drug-likeness (QED) is 0.199. The first kappa shape index (κ1) is 21.0. The Morgan fingerprint density at radius 3 is 2.25 bits per heavy atom. The first-order valence-corrected chi connectivity index (χ1v) is 9.48. The number of ether oxygens (including phenoxy) is 2. The molecule has 0 radical (unpaired) electrons. The van der Waals surface area contributed by atoms with E-state index in [0.29, 0.717) is 27.7 Å². The number of aliphatic imine (C=N–C) groups is 1. The molecule has 0 aromatic heterocycles. The predicted octanol–water partition coefficient (Wildman–Crippen LogP) is 3.54. The normalized spacial score (nSPS) is 11.9. The van der Waals surface area contributed by atoms with Crippen molar-refractivity contribution in [2.24, 2.45) is 4.99 Å². The second-order valence-corrected chi connectivity index (χ2v) is 6.34. The highest BCUT2D eigenvalue weighted by Crippen LogP contribution is 2.17. The molecule has 2 rings (SSSR count). The van der Waals surface area contributed by atoms with E-state index in [9.17, 15) is 9.59 Å². The standard InChI is InChI=1S/C20H19N3O4S/c1-13(18(24)14-6-10-17(26-2)11-7-14)27-19(25)15-4-8-16(9-5-15)23-20(28-3)22-12-21/h4-11,13H,1-3H3,(H,22,23). The number of thioether (sulfide) groups is 1. The molecular formula is C20H19N3O4S. The third-order valence-corrected chi connectivity index (χ3v) is 4.30. The molecule has 2 aromatic carbocycles. The number of methoxy groups -OCH3 is 1. The van der Waals surface area contributed by atoms with Gasteiger partial charge in [-0.3, -0.25) is 10.1 Å². The van der Waals surface area contributed by atoms with E-state index in [-0.39, 0.29) is 5.78 Å². The molecule has 0 aliphatic heterocycles. The molecule has 0 saturated heterocycles. The van der Waals surface area contributed by atoms with Gasteiger partial charge in [0.2, 0.25) is 5.78 Å². The summed E-state index contributed by atoms with van der Waals surface area (Å²) in [6.07, 6.45) is 2.66. The van der Waals surface area contributed by atoms with Gasteiger partial charge < -0.3 is 9.47 Å². The Labute approximate surface area is 167 Å². The average Bonchev–Trinajstić information content (AvgIpc) is 2.73. The summed E-state index contributed by atoms with van der Waals surface area (Å²) in [7, 11) is 1.54. The van der Waals surface area contributed by atoms with Gasteiger partial charge in [-0.25, -0.2) is 9.79 Å². The van der Waals surface area contributed by atoms with E-state index in [1.807, 2.05) is 0 Å². The fourth-order valence-corrected chi connectivity index (χ4v) is 2.58. The van der Waals surface area contributed by atoms with Crippen LogP contribution in [0.5, 0.6) is 5.75 Å². The zero-order valence-corrected chi connectivity index (χ0v) is 16.4. The molecule has 0 spiro atoms. The number of carbonyl (C=O) groups excluding carboxylic acids is 2. The van der Waals surface area contributed by atoms with Gasteiger partial charge in [0.05, 0.1) is 18.4 Å². The Balaban J connectivity index is 2.03. The molecule has 0 aliphatic carbocycles. The Morgan fingerprint density at radius 2 is 1.71 bits per heavy atom. The van der Waals surface area contributed by atoms with Crippen molar-refractivity contribution in [3.05, 3.63) is 59.7 Å². The second-order valence-electron chi connectivity index (χ2n) is 5.55. The Kier molecular flexibility index (Phi) is 7.60. The van der Waals surface area contributed by atoms with Crippen molar-refractivity contribution in [3.8, 4) is 11.9 Å². The molecule has 0 fully saturated rings. The number of nitrogens with one attached hydrogen (secondary N) is 1. The molecule has 28 heavy (non-hydrogen) atoms. The largest absolute Gasteiger partial charge is 0.497 e. The number of esters is 1. The van der Waals surface area contributed by atoms with Gasteiger partial charge in [0.15, 0.2) is 17.5 Å². The highest BCUT2D eigenvalue weighted by Gasteiger charge is 2.20. The summed E-state index contributed by atoms with van der Waals surface area (Å²) in [5, 5.41) is 11.6. The van der Waals surface area contributed by atoms with Crippen LogP contribution in [0.25, 0.3) is 0 Å². The molecular weight excluding hydrogens is 378 g/mol. The lowest BCUT2D eigenvalue weighted by Gasteiger charge is -2.13. The summed E-state index contributed by atoms with van der Waals surface area (Å²) in [5.41, 5.74) is 1.30. The molecule has 0 heterocycles. The molecule has 7 nitrogen and oxygen atoms in total. The van der Waals surface area contributed by atoms with Crippen molar-refractivity contribution in [2.45, 2.75) is 13.0 Å². The van der Waals surface area contributed by atoms with Crippen LogP contribution in [0.2, 0.25) is 0 Å². The summed E-state index contributed by atoms with van der Waals surface area (Å²) in [6, 6.07) is 12.9. The number of hydrogen-bond acceptors (Lipinski definition) is 7. The number of ketones is 1. The summed E-state index contributed by atoms with van der Waals surface area (Å²) < 4.78 is 10.3. The molecule has 2 aromatic rings. The van der Waals surface area contributed by atoms with Crippen LogP contribution in [0, 0.1) is 11.5 Å². The number of amidine groups is 1. The fraction of sp³-hybridized carbons (Fsp3) is 0.200. The van der Waals surface area contributed by atoms with Crippen molar-refractivity contribution in [1.82, 2.24) is 5.32 Å². The second kappa shape index (κ2) is 10.1. The van der Waals surface area contributed by atoms with Crippen LogP contribution in [-0.2, 0) is 4.74 Å². The highest BCUT2D eigenvalue weighted by molar-refractivity contribution is 8.13. The van der Waals surface area contributed by atoms with E-state index in [2.05, 4.69) is 10.3 Å². The molecule has 0 aliphatic rings. The van der Waals surface area contributed by atoms with Crippen LogP contribution in [0.4, 0.5) is 5.69 Å². The zero-order chi connectivity index (χ0) is 20.5. The van der Waals surface area contributed by atoms with Crippen molar-refractivity contribution >= 4 is 34.4 Å². The zero-order valence-electron chi connectivity index (χ0n) is 15.6. The number of Topliss-reactive ketones (excluding diaryl/α,β-unsaturated/α-hetero) is 1. The number of carbonyl (C=O) groups is 2. The third kappa shape index (κ3) is 5.59. The number of rotatable bonds is 6. The van der Waals surface area contributed by atoms with Crippen molar-refractivity contribution < 1.29 is 19.1 Å². The SMILES string of the molecule is COc1ccc(C(=O)C(C)OC(=O)c2ccc(N=C(NC#N)SC)cc2)cc1. The molecule has 1 atom stereocenters. The summed E-state index contributed by atoms with van der Waals surface area (Å²) >= 11 is 1.29. The Hall–Kier alpha value is -3.31. The molecule has 8 heteroatoms. The smallest absolute Gasteiger partial charge is 0.338 e. The molecule has 0 bridgehead atoms. The van der Waals surface area contributed by atoms with E-state index in [4.69, 9.17) is 14.7 Å². The van der Waals surface area contributed by atoms with Crippen molar-refractivity contribution in [3.63, 3.8) is 0 Å². The van der Waals surface area contributed by atoms with Gasteiger partial charge >= 0.3 is 5.97 Å². The van der Waals surface area contributed by atoms with Gasteiger partial charge in [0, 0.05) is 5.56 Å². The van der Waals surface area contributed by atoms with E-state index >= 15 is 0 Å². The van der Waals surface area contributed by atoms with Gasteiger partial charge in [-0.15, -0.1) is 0 Å². The fourth-order valence-electron chi connectivity index (χ4n) is 2.23. The average molecular weight is 397 g/mol. The predicted molar refractivity (Wildman–Crippen MR) is 108 cm³/mol. The lowest BCUT2D eigenvalue weighted by molar-refractivity contribution is 0.0319. The number of nitriles is 1. The van der Waals surface area contributed by atoms with Crippen molar-refractivity contribution in [2.75, 3.05) is 13.4 Å². The molecule has 144 valence electrons. The van der Waals surface area contributed by atoms with E-state index in [0.717, 1.165) is 0 Å². The van der Waals surface area contributed by atoms with Crippen LogP contribution in [-0.4, -0.2) is 36.4 Å². The topological polar surface area (TPSA) is 101 Å². The monoisotopic (exact) mass is 397 g/mol. The summed E-state index contributed by atoms with van der Waals surface area (Å²) in [4.78, 5) is 28.9. The maximum absolute atomic E-state index is 12.4. The van der Waals surface area contributed by atoms with Crippen LogP contribution in [0.3, 0.4) is 0 Å². The Morgan fingerprint density at radius 1 is 1.11 bits per heavy atom. The number of hydrogen-bond donors (Lipinski definition) is 1. The first-order valence-electron chi connectivity index (χ1n) is 8.25. The number of benzene rings is 2. The first-order chi connectivity index (χ1) is 13.5. The van der Waals surface area contributed by atoms with Gasteiger partial charge in [-0.2, -0.15) is 5.26 Å². The maximum atomic E-state index is 12.4. The highest BCUT2D eigenvalue weighted by atomic mass is 32.2. The minimum Gasteiger partial charge on any atom is -0.497 e. The number of nitrogens with zero attached hydrogens (tertiary/aromatic N) is 2. The lowest BCUT2D eigenvalue weighted by Crippen LogP contribution is -2.24. The van der Waals surface area contributed by atoms with Crippen LogP contribution < -0.4 is 10.1 Å². The summed E-state index contributed by atoms with van der Waals surface area (Å²) in [6.45, 7) is 1.53. The van der Waals surface area contributed by atoms with Gasteiger partial charge in [-0.1, -0.05) is 11.8 Å². The van der Waals surface area contributed by atoms with Crippen LogP contribution in [0.1, 0.15) is 27.6 Å². The minimum atomic E-state index is -0.929. The molecule has 1 N–H and O–H groups in total. The summed E-state index contributed by atoms with van der Waals surface area (Å²) in [5.74, 6) is -0.270. The third-order valence-electron chi connectivity index (χ3n) is 3.72. The van der Waals surface area contributed by atoms with Gasteiger partial charge in [0.25, 0.3) is 0 Å². The van der Waals surface area contributed by atoms with Gasteiger partial charge in [-0.05, 0) is 61.7 Å². The van der Waals surface area contributed by atoms with E-state index in [1.54, 1.807) is 68.1 Å². The molecule has 1 unspecified atom stereocenters. The van der Waals surface area contributed by atoms with E-state index < -0.39 is 12.1 Å².